The lowest BCUT2D eigenvalue weighted by Gasteiger charge is -2.30. The van der Waals surface area contributed by atoms with Crippen LogP contribution in [0.3, 0.4) is 0 Å². The summed E-state index contributed by atoms with van der Waals surface area (Å²) in [5.74, 6) is -0.520. The van der Waals surface area contributed by atoms with E-state index in [1.165, 1.54) is 6.33 Å². The summed E-state index contributed by atoms with van der Waals surface area (Å²) in [6, 6.07) is -0.880. The zero-order valence-electron chi connectivity index (χ0n) is 14.3. The predicted octanol–water partition coefficient (Wildman–Crippen LogP) is 1.85. The number of aromatic nitrogens is 2. The van der Waals surface area contributed by atoms with E-state index in [0.29, 0.717) is 6.42 Å². The van der Waals surface area contributed by atoms with Crippen LogP contribution in [0, 0.1) is 10.8 Å². The number of imidazole rings is 1. The zero-order valence-corrected chi connectivity index (χ0v) is 14.3. The van der Waals surface area contributed by atoms with Gasteiger partial charge in [-0.25, -0.2) is 4.98 Å². The van der Waals surface area contributed by atoms with Crippen LogP contribution in [0.5, 0.6) is 0 Å². The van der Waals surface area contributed by atoms with Crippen molar-refractivity contribution in [2.45, 2.75) is 60.1 Å². The molecule has 124 valence electrons. The van der Waals surface area contributed by atoms with Crippen LogP contribution in [-0.4, -0.2) is 33.9 Å². The second kappa shape index (κ2) is 6.60. The van der Waals surface area contributed by atoms with Crippen LogP contribution in [0.1, 0.15) is 47.2 Å². The first-order chi connectivity index (χ1) is 9.93. The topological polar surface area (TPSA) is 98.1 Å². The van der Waals surface area contributed by atoms with Crippen LogP contribution >= 0.6 is 0 Å². The van der Waals surface area contributed by atoms with Gasteiger partial charge in [-0.2, -0.15) is 0 Å². The van der Waals surface area contributed by atoms with E-state index in [9.17, 15) is 9.59 Å². The molecule has 0 radical (unpaired) electrons. The van der Waals surface area contributed by atoms with E-state index >= 15 is 0 Å². The first-order valence-corrected chi connectivity index (χ1v) is 7.41. The molecule has 3 N–H and O–H groups in total. The number of H-pyrrole nitrogens is 1. The van der Waals surface area contributed by atoms with Gasteiger partial charge < -0.3 is 15.5 Å². The Kier molecular flexibility index (Phi) is 5.51. The van der Waals surface area contributed by atoms with E-state index in [-0.39, 0.29) is 11.8 Å². The minimum Gasteiger partial charge on any atom is -0.459 e. The molecule has 1 rings (SSSR count). The molecule has 0 saturated carbocycles. The van der Waals surface area contributed by atoms with Crippen LogP contribution in [-0.2, 0) is 20.7 Å². The third-order valence-corrected chi connectivity index (χ3v) is 3.29. The number of Topliss-reactive ketones (excluding diaryl/α,β-unsaturated/α-hetero) is 1. The molecule has 0 aliphatic rings. The summed E-state index contributed by atoms with van der Waals surface area (Å²) in [6.07, 6.45) is 2.77. The number of nitrogens with two attached hydrogens (primary N) is 1. The van der Waals surface area contributed by atoms with Crippen LogP contribution < -0.4 is 5.73 Å². The van der Waals surface area contributed by atoms with Crippen molar-refractivity contribution in [1.82, 2.24) is 9.97 Å². The Balaban J connectivity index is 2.95. The fourth-order valence-electron chi connectivity index (χ4n) is 1.84. The standard InChI is InChI=1S/C16H27N3O3/c1-15(2,3)13(20)12(17)11(7-10-8-18-9-19-10)22-14(21)16(4,5)6/h8-9,11-12H,7,17H2,1-6H3,(H,18,19). The lowest BCUT2D eigenvalue weighted by atomic mass is 9.84. The van der Waals surface area contributed by atoms with Gasteiger partial charge in [0.25, 0.3) is 0 Å². The molecule has 1 aromatic heterocycles. The number of ketones is 1. The number of ether oxygens (including phenoxy) is 1. The number of hydrogen-bond donors (Lipinski definition) is 2. The van der Waals surface area contributed by atoms with E-state index in [4.69, 9.17) is 10.5 Å². The largest absolute Gasteiger partial charge is 0.459 e. The first kappa shape index (κ1) is 18.4. The van der Waals surface area contributed by atoms with Gasteiger partial charge in [-0.05, 0) is 20.8 Å². The predicted molar refractivity (Wildman–Crippen MR) is 84.1 cm³/mol. The molecule has 2 unspecified atom stereocenters. The second-order valence-electron chi connectivity index (χ2n) is 7.61. The second-order valence-corrected chi connectivity index (χ2v) is 7.61. The van der Waals surface area contributed by atoms with Crippen LogP contribution in [0.25, 0.3) is 0 Å². The zero-order chi connectivity index (χ0) is 17.1. The van der Waals surface area contributed by atoms with Gasteiger partial charge in [0.05, 0.1) is 11.7 Å². The van der Waals surface area contributed by atoms with Crippen LogP contribution in [0.4, 0.5) is 0 Å². The molecule has 0 aromatic carbocycles. The first-order valence-electron chi connectivity index (χ1n) is 7.41. The Morgan fingerprint density at radius 2 is 1.82 bits per heavy atom. The van der Waals surface area contributed by atoms with Crippen molar-refractivity contribution in [2.75, 3.05) is 0 Å². The van der Waals surface area contributed by atoms with E-state index in [1.807, 2.05) is 0 Å². The molecule has 1 heterocycles. The Hall–Kier alpha value is -1.69. The number of aromatic amines is 1. The fourth-order valence-corrected chi connectivity index (χ4v) is 1.84. The van der Waals surface area contributed by atoms with Gasteiger partial charge in [-0.1, -0.05) is 20.8 Å². The quantitative estimate of drug-likeness (QED) is 0.809. The van der Waals surface area contributed by atoms with E-state index in [0.717, 1.165) is 5.69 Å². The molecule has 0 saturated heterocycles. The van der Waals surface area contributed by atoms with Crippen molar-refractivity contribution in [2.24, 2.45) is 16.6 Å². The van der Waals surface area contributed by atoms with Crippen molar-refractivity contribution in [3.8, 4) is 0 Å². The molecule has 22 heavy (non-hydrogen) atoms. The highest BCUT2D eigenvalue weighted by Gasteiger charge is 2.36. The minimum atomic E-state index is -0.880. The number of nitrogens with one attached hydrogen (secondary N) is 1. The van der Waals surface area contributed by atoms with Crippen molar-refractivity contribution >= 4 is 11.8 Å². The molecule has 1 aromatic rings. The highest BCUT2D eigenvalue weighted by Crippen LogP contribution is 2.22. The maximum absolute atomic E-state index is 12.4. The lowest BCUT2D eigenvalue weighted by molar-refractivity contribution is -0.161. The maximum Gasteiger partial charge on any atom is 0.311 e. The average molecular weight is 309 g/mol. The molecule has 0 aliphatic heterocycles. The lowest BCUT2D eigenvalue weighted by Crippen LogP contribution is -2.50. The summed E-state index contributed by atoms with van der Waals surface area (Å²) in [5.41, 5.74) is 5.61. The van der Waals surface area contributed by atoms with Crippen molar-refractivity contribution in [3.63, 3.8) is 0 Å². The van der Waals surface area contributed by atoms with E-state index in [1.54, 1.807) is 47.7 Å². The summed E-state index contributed by atoms with van der Waals surface area (Å²) in [6.45, 7) is 10.7. The molecule has 6 nitrogen and oxygen atoms in total. The summed E-state index contributed by atoms with van der Waals surface area (Å²) >= 11 is 0. The average Bonchev–Trinajstić information content (AvgIpc) is 2.86. The summed E-state index contributed by atoms with van der Waals surface area (Å²) < 4.78 is 5.53. The van der Waals surface area contributed by atoms with Crippen molar-refractivity contribution in [3.05, 3.63) is 18.2 Å². The number of rotatable bonds is 5. The third-order valence-electron chi connectivity index (χ3n) is 3.29. The number of carbonyl (C=O) groups excluding carboxylic acids is 2. The normalized spacial score (nSPS) is 15.2. The number of nitrogens with zero attached hydrogens (tertiary/aromatic N) is 1. The molecule has 0 spiro atoms. The Bertz CT molecular complexity index is 510. The minimum absolute atomic E-state index is 0.140. The van der Waals surface area contributed by atoms with Gasteiger partial charge in [-0.15, -0.1) is 0 Å². The molecule has 6 heteroatoms. The SMILES string of the molecule is CC(C)(C)C(=O)OC(Cc1cnc[nH]1)C(N)C(=O)C(C)(C)C. The molecular weight excluding hydrogens is 282 g/mol. The molecular formula is C16H27N3O3. The summed E-state index contributed by atoms with van der Waals surface area (Å²) in [5, 5.41) is 0. The van der Waals surface area contributed by atoms with Crippen LogP contribution in [0.15, 0.2) is 12.5 Å². The third kappa shape index (κ3) is 4.94. The number of carbonyl (C=O) groups is 2. The van der Waals surface area contributed by atoms with Gasteiger partial charge in [0.1, 0.15) is 12.1 Å². The highest BCUT2D eigenvalue weighted by molar-refractivity contribution is 5.89. The van der Waals surface area contributed by atoms with Crippen molar-refractivity contribution in [1.29, 1.82) is 0 Å². The Morgan fingerprint density at radius 1 is 1.23 bits per heavy atom. The Labute approximate surface area is 131 Å². The molecule has 0 fully saturated rings. The summed E-state index contributed by atoms with van der Waals surface area (Å²) in [4.78, 5) is 31.5. The van der Waals surface area contributed by atoms with Gasteiger partial charge in [0.15, 0.2) is 5.78 Å². The highest BCUT2D eigenvalue weighted by atomic mass is 16.5. The Morgan fingerprint density at radius 3 is 2.23 bits per heavy atom. The number of esters is 1. The summed E-state index contributed by atoms with van der Waals surface area (Å²) in [7, 11) is 0. The van der Waals surface area contributed by atoms with Gasteiger partial charge in [0.2, 0.25) is 0 Å². The fraction of sp³-hybridized carbons (Fsp3) is 0.688. The van der Waals surface area contributed by atoms with E-state index in [2.05, 4.69) is 9.97 Å². The molecule has 0 amide bonds. The molecule has 0 aliphatic carbocycles. The maximum atomic E-state index is 12.4. The van der Waals surface area contributed by atoms with Crippen LogP contribution in [0.2, 0.25) is 0 Å². The van der Waals surface area contributed by atoms with Gasteiger partial charge >= 0.3 is 5.97 Å². The number of hydrogen-bond acceptors (Lipinski definition) is 5. The monoisotopic (exact) mass is 309 g/mol. The molecule has 0 bridgehead atoms. The van der Waals surface area contributed by atoms with Gasteiger partial charge in [0, 0.05) is 23.7 Å². The smallest absolute Gasteiger partial charge is 0.311 e. The van der Waals surface area contributed by atoms with E-state index < -0.39 is 23.0 Å². The van der Waals surface area contributed by atoms with Gasteiger partial charge in [-0.3, -0.25) is 9.59 Å². The van der Waals surface area contributed by atoms with Crippen molar-refractivity contribution < 1.29 is 14.3 Å². The molecule has 2 atom stereocenters.